The molecule has 1 nitrogen and oxygen atoms in total. The third-order valence-electron chi connectivity index (χ3n) is 3.25. The predicted octanol–water partition coefficient (Wildman–Crippen LogP) is 4.30. The van der Waals surface area contributed by atoms with Crippen LogP contribution in [0.5, 0.6) is 0 Å². The SMILES string of the molecule is Fc1cnc2c(c1)CCc1cc(Cl)ccc1C2Cl. The lowest BCUT2D eigenvalue weighted by Gasteiger charge is -2.12. The first kappa shape index (κ1) is 11.9. The summed E-state index contributed by atoms with van der Waals surface area (Å²) in [6.45, 7) is 0. The monoisotopic (exact) mass is 281 g/mol. The van der Waals surface area contributed by atoms with Gasteiger partial charge in [0.1, 0.15) is 11.2 Å². The summed E-state index contributed by atoms with van der Waals surface area (Å²) in [5, 5.41) is 0.359. The Labute approximate surface area is 115 Å². The van der Waals surface area contributed by atoms with E-state index in [1.165, 1.54) is 12.3 Å². The Bertz CT molecular complexity index is 559. The Morgan fingerprint density at radius 1 is 1.17 bits per heavy atom. The van der Waals surface area contributed by atoms with E-state index in [2.05, 4.69) is 4.98 Å². The molecule has 1 aromatic heterocycles. The zero-order valence-corrected chi connectivity index (χ0v) is 11.0. The van der Waals surface area contributed by atoms with E-state index >= 15 is 0 Å². The highest BCUT2D eigenvalue weighted by Crippen LogP contribution is 2.36. The number of fused-ring (bicyclic) bond motifs is 2. The normalized spacial score (nSPS) is 17.8. The van der Waals surface area contributed by atoms with E-state index in [4.69, 9.17) is 23.2 Å². The molecule has 0 bridgehead atoms. The van der Waals surface area contributed by atoms with Gasteiger partial charge in [-0.1, -0.05) is 17.7 Å². The van der Waals surface area contributed by atoms with E-state index in [9.17, 15) is 4.39 Å². The van der Waals surface area contributed by atoms with Gasteiger partial charge in [-0.05, 0) is 47.7 Å². The Morgan fingerprint density at radius 2 is 1.94 bits per heavy atom. The Kier molecular flexibility index (Phi) is 3.00. The molecule has 0 saturated carbocycles. The van der Waals surface area contributed by atoms with E-state index in [1.807, 2.05) is 18.2 Å². The first-order valence-corrected chi connectivity index (χ1v) is 6.53. The van der Waals surface area contributed by atoms with Crippen LogP contribution in [0.3, 0.4) is 0 Å². The van der Waals surface area contributed by atoms with Gasteiger partial charge in [0, 0.05) is 5.02 Å². The van der Waals surface area contributed by atoms with Gasteiger partial charge in [0.25, 0.3) is 0 Å². The second-order valence-corrected chi connectivity index (χ2v) is 5.28. The molecule has 1 heterocycles. The maximum atomic E-state index is 13.2. The van der Waals surface area contributed by atoms with Crippen molar-refractivity contribution < 1.29 is 4.39 Å². The third kappa shape index (κ3) is 2.00. The fourth-order valence-electron chi connectivity index (χ4n) is 2.37. The van der Waals surface area contributed by atoms with Crippen LogP contribution in [0.2, 0.25) is 5.02 Å². The van der Waals surface area contributed by atoms with Crippen molar-refractivity contribution in [1.82, 2.24) is 4.98 Å². The van der Waals surface area contributed by atoms with Crippen molar-refractivity contribution in [3.05, 3.63) is 63.7 Å². The minimum Gasteiger partial charge on any atom is -0.256 e. The van der Waals surface area contributed by atoms with Crippen LogP contribution in [0.1, 0.15) is 27.8 Å². The topological polar surface area (TPSA) is 12.9 Å². The highest BCUT2D eigenvalue weighted by atomic mass is 35.5. The number of rotatable bonds is 0. The number of hydrogen-bond acceptors (Lipinski definition) is 1. The summed E-state index contributed by atoms with van der Waals surface area (Å²) in [4.78, 5) is 4.14. The van der Waals surface area contributed by atoms with Crippen molar-refractivity contribution in [2.45, 2.75) is 18.2 Å². The summed E-state index contributed by atoms with van der Waals surface area (Å²) in [5.41, 5.74) is 3.75. The number of alkyl halides is 1. The Morgan fingerprint density at radius 3 is 2.78 bits per heavy atom. The molecule has 3 rings (SSSR count). The number of halogens is 3. The van der Waals surface area contributed by atoms with E-state index in [0.29, 0.717) is 5.02 Å². The lowest BCUT2D eigenvalue weighted by molar-refractivity contribution is 0.616. The first-order chi connectivity index (χ1) is 8.65. The lowest BCUT2D eigenvalue weighted by atomic mass is 10.0. The summed E-state index contributed by atoms with van der Waals surface area (Å²) in [6.07, 6.45) is 2.75. The summed E-state index contributed by atoms with van der Waals surface area (Å²) in [5.74, 6) is -0.318. The van der Waals surface area contributed by atoms with Gasteiger partial charge in [-0.3, -0.25) is 4.98 Å². The first-order valence-electron chi connectivity index (χ1n) is 5.72. The molecule has 0 N–H and O–H groups in total. The minimum absolute atomic E-state index is 0.318. The molecule has 1 atom stereocenters. The zero-order chi connectivity index (χ0) is 12.7. The summed E-state index contributed by atoms with van der Waals surface area (Å²) in [6, 6.07) is 7.19. The summed E-state index contributed by atoms with van der Waals surface area (Å²) < 4.78 is 13.2. The van der Waals surface area contributed by atoms with Crippen molar-refractivity contribution in [1.29, 1.82) is 0 Å². The molecule has 18 heavy (non-hydrogen) atoms. The average molecular weight is 282 g/mol. The highest BCUT2D eigenvalue weighted by molar-refractivity contribution is 6.30. The molecule has 1 aromatic carbocycles. The zero-order valence-electron chi connectivity index (χ0n) is 9.46. The van der Waals surface area contributed by atoms with Crippen LogP contribution < -0.4 is 0 Å². The van der Waals surface area contributed by atoms with Gasteiger partial charge >= 0.3 is 0 Å². The molecule has 1 aliphatic rings. The van der Waals surface area contributed by atoms with Crippen LogP contribution in [0.4, 0.5) is 4.39 Å². The molecule has 0 aliphatic heterocycles. The van der Waals surface area contributed by atoms with Crippen LogP contribution in [0.25, 0.3) is 0 Å². The number of hydrogen-bond donors (Lipinski definition) is 0. The van der Waals surface area contributed by atoms with Gasteiger partial charge in [-0.25, -0.2) is 4.39 Å². The molecular formula is C14H10Cl2FN. The summed E-state index contributed by atoms with van der Waals surface area (Å²) in [7, 11) is 0. The minimum atomic E-state index is -0.338. The van der Waals surface area contributed by atoms with Gasteiger partial charge in [-0.2, -0.15) is 0 Å². The van der Waals surface area contributed by atoms with Crippen molar-refractivity contribution in [3.63, 3.8) is 0 Å². The second kappa shape index (κ2) is 4.52. The fraction of sp³-hybridized carbons (Fsp3) is 0.214. The van der Waals surface area contributed by atoms with Crippen molar-refractivity contribution in [3.8, 4) is 0 Å². The molecule has 0 saturated heterocycles. The van der Waals surface area contributed by atoms with Crippen molar-refractivity contribution in [2.75, 3.05) is 0 Å². The number of aryl methyl sites for hydroxylation is 2. The Balaban J connectivity index is 2.15. The summed E-state index contributed by atoms with van der Waals surface area (Å²) >= 11 is 12.5. The van der Waals surface area contributed by atoms with Gasteiger partial charge in [0.2, 0.25) is 0 Å². The fourth-order valence-corrected chi connectivity index (χ4v) is 2.98. The molecule has 2 aromatic rings. The number of pyridine rings is 1. The van der Waals surface area contributed by atoms with Crippen LogP contribution in [0, 0.1) is 5.82 Å². The van der Waals surface area contributed by atoms with E-state index in [-0.39, 0.29) is 11.2 Å². The molecule has 0 spiro atoms. The van der Waals surface area contributed by atoms with Crippen LogP contribution in [-0.4, -0.2) is 4.98 Å². The molecule has 1 unspecified atom stereocenters. The largest absolute Gasteiger partial charge is 0.256 e. The predicted molar refractivity (Wildman–Crippen MR) is 70.8 cm³/mol. The van der Waals surface area contributed by atoms with Crippen LogP contribution >= 0.6 is 23.2 Å². The van der Waals surface area contributed by atoms with Gasteiger partial charge in [-0.15, -0.1) is 11.6 Å². The number of nitrogens with zero attached hydrogens (tertiary/aromatic N) is 1. The van der Waals surface area contributed by atoms with Crippen LogP contribution in [0.15, 0.2) is 30.5 Å². The van der Waals surface area contributed by atoms with Gasteiger partial charge in [0.05, 0.1) is 11.9 Å². The van der Waals surface area contributed by atoms with E-state index < -0.39 is 0 Å². The average Bonchev–Trinajstić information content (AvgIpc) is 2.47. The molecular weight excluding hydrogens is 272 g/mol. The molecule has 4 heteroatoms. The standard InChI is InChI=1S/C14H10Cl2FN/c15-10-3-4-12-8(5-10)1-2-9-6-11(17)7-18-14(9)13(12)16/h3-7,13H,1-2H2. The highest BCUT2D eigenvalue weighted by Gasteiger charge is 2.23. The molecule has 92 valence electrons. The quantitative estimate of drug-likeness (QED) is 0.656. The van der Waals surface area contributed by atoms with E-state index in [1.54, 1.807) is 0 Å². The maximum Gasteiger partial charge on any atom is 0.141 e. The molecule has 0 radical (unpaired) electrons. The van der Waals surface area contributed by atoms with Crippen LogP contribution in [-0.2, 0) is 12.8 Å². The molecule has 0 amide bonds. The van der Waals surface area contributed by atoms with Gasteiger partial charge in [0.15, 0.2) is 0 Å². The van der Waals surface area contributed by atoms with E-state index in [0.717, 1.165) is 35.2 Å². The van der Waals surface area contributed by atoms with Gasteiger partial charge < -0.3 is 0 Å². The maximum absolute atomic E-state index is 13.2. The molecule has 0 fully saturated rings. The smallest absolute Gasteiger partial charge is 0.141 e. The third-order valence-corrected chi connectivity index (χ3v) is 3.93. The van der Waals surface area contributed by atoms with Crippen molar-refractivity contribution >= 4 is 23.2 Å². The second-order valence-electron chi connectivity index (χ2n) is 4.40. The lowest BCUT2D eigenvalue weighted by Crippen LogP contribution is -2.00. The number of aromatic nitrogens is 1. The Hall–Kier alpha value is -1.12. The molecule has 1 aliphatic carbocycles. The van der Waals surface area contributed by atoms with Crippen molar-refractivity contribution in [2.24, 2.45) is 0 Å². The number of benzene rings is 1.